The maximum Gasteiger partial charge on any atom is 0.212 e. The zero-order valence-electron chi connectivity index (χ0n) is 8.14. The molecule has 0 saturated carbocycles. The van der Waals surface area contributed by atoms with Crippen LogP contribution in [0.2, 0.25) is 0 Å². The first-order chi connectivity index (χ1) is 7.29. The number of aromatic nitrogens is 2. The number of rotatable bonds is 2. The van der Waals surface area contributed by atoms with E-state index in [2.05, 4.69) is 25.9 Å². The van der Waals surface area contributed by atoms with Gasteiger partial charge >= 0.3 is 0 Å². The molecule has 3 nitrogen and oxygen atoms in total. The molecular formula is C11H9BrN2O. The fourth-order valence-corrected chi connectivity index (χ4v) is 1.57. The molecule has 2 rings (SSSR count). The third kappa shape index (κ3) is 2.33. The quantitative estimate of drug-likeness (QED) is 0.783. The Hall–Kier alpha value is -1.42. The number of halogens is 1. The van der Waals surface area contributed by atoms with Gasteiger partial charge in [-0.3, -0.25) is 0 Å². The van der Waals surface area contributed by atoms with Crippen LogP contribution >= 0.6 is 15.9 Å². The maximum atomic E-state index is 4.99. The highest BCUT2D eigenvalue weighted by Crippen LogP contribution is 2.19. The third-order valence-corrected chi connectivity index (χ3v) is 2.40. The van der Waals surface area contributed by atoms with Gasteiger partial charge in [-0.25, -0.2) is 9.97 Å². The molecule has 0 N–H and O–H groups in total. The second kappa shape index (κ2) is 4.40. The standard InChI is InChI=1S/C11H9BrN2O/c1-15-11-6-5-8(7-13-11)9-3-2-4-10(12)14-9/h2-7H,1H3. The Morgan fingerprint density at radius 2 is 2.07 bits per heavy atom. The summed E-state index contributed by atoms with van der Waals surface area (Å²) in [6.45, 7) is 0. The second-order valence-corrected chi connectivity index (χ2v) is 3.75. The van der Waals surface area contributed by atoms with Crippen LogP contribution < -0.4 is 4.74 Å². The predicted octanol–water partition coefficient (Wildman–Crippen LogP) is 2.91. The Bertz CT molecular complexity index is 456. The van der Waals surface area contributed by atoms with Gasteiger partial charge in [0, 0.05) is 17.8 Å². The molecule has 2 heterocycles. The van der Waals surface area contributed by atoms with Gasteiger partial charge in [-0.1, -0.05) is 6.07 Å². The minimum Gasteiger partial charge on any atom is -0.481 e. The van der Waals surface area contributed by atoms with Gasteiger partial charge in [0.2, 0.25) is 5.88 Å². The Morgan fingerprint density at radius 3 is 2.67 bits per heavy atom. The van der Waals surface area contributed by atoms with Gasteiger partial charge in [0.25, 0.3) is 0 Å². The molecule has 0 aromatic carbocycles. The van der Waals surface area contributed by atoms with Crippen molar-refractivity contribution in [1.82, 2.24) is 9.97 Å². The van der Waals surface area contributed by atoms with Crippen LogP contribution in [0.25, 0.3) is 11.3 Å². The van der Waals surface area contributed by atoms with Gasteiger partial charge in [0.1, 0.15) is 4.60 Å². The Balaban J connectivity index is 2.37. The number of pyridine rings is 2. The Labute approximate surface area is 96.3 Å². The van der Waals surface area contributed by atoms with Gasteiger partial charge in [0.15, 0.2) is 0 Å². The summed E-state index contributed by atoms with van der Waals surface area (Å²) >= 11 is 3.33. The molecule has 0 spiro atoms. The van der Waals surface area contributed by atoms with E-state index in [1.54, 1.807) is 13.3 Å². The number of hydrogen-bond donors (Lipinski definition) is 0. The summed E-state index contributed by atoms with van der Waals surface area (Å²) in [5, 5.41) is 0. The number of nitrogens with zero attached hydrogens (tertiary/aromatic N) is 2. The highest BCUT2D eigenvalue weighted by atomic mass is 79.9. The summed E-state index contributed by atoms with van der Waals surface area (Å²) in [5.41, 5.74) is 1.86. The molecule has 15 heavy (non-hydrogen) atoms. The van der Waals surface area contributed by atoms with E-state index in [9.17, 15) is 0 Å². The van der Waals surface area contributed by atoms with Crippen molar-refractivity contribution in [2.75, 3.05) is 7.11 Å². The summed E-state index contributed by atoms with van der Waals surface area (Å²) in [6, 6.07) is 9.52. The molecule has 0 amide bonds. The van der Waals surface area contributed by atoms with Crippen LogP contribution in [-0.4, -0.2) is 17.1 Å². The fourth-order valence-electron chi connectivity index (χ4n) is 1.22. The normalized spacial score (nSPS) is 10.0. The second-order valence-electron chi connectivity index (χ2n) is 2.93. The molecule has 76 valence electrons. The molecule has 0 atom stereocenters. The average Bonchev–Trinajstić information content (AvgIpc) is 2.29. The molecule has 2 aromatic heterocycles. The molecule has 0 aliphatic heterocycles. The highest BCUT2D eigenvalue weighted by Gasteiger charge is 2.00. The van der Waals surface area contributed by atoms with Crippen LogP contribution in [0.1, 0.15) is 0 Å². The molecule has 2 aromatic rings. The molecule has 0 radical (unpaired) electrons. The first-order valence-electron chi connectivity index (χ1n) is 4.42. The average molecular weight is 265 g/mol. The zero-order valence-corrected chi connectivity index (χ0v) is 9.73. The SMILES string of the molecule is COc1ccc(-c2cccc(Br)n2)cn1. The van der Waals surface area contributed by atoms with E-state index in [1.165, 1.54) is 0 Å². The topological polar surface area (TPSA) is 35.0 Å². The van der Waals surface area contributed by atoms with E-state index < -0.39 is 0 Å². The lowest BCUT2D eigenvalue weighted by molar-refractivity contribution is 0.398. The van der Waals surface area contributed by atoms with Crippen molar-refractivity contribution in [3.8, 4) is 17.1 Å². The lowest BCUT2D eigenvalue weighted by Gasteiger charge is -2.02. The fraction of sp³-hybridized carbons (Fsp3) is 0.0909. The molecule has 0 aliphatic carbocycles. The number of hydrogen-bond acceptors (Lipinski definition) is 3. The van der Waals surface area contributed by atoms with Crippen molar-refractivity contribution in [2.45, 2.75) is 0 Å². The van der Waals surface area contributed by atoms with Gasteiger partial charge in [-0.2, -0.15) is 0 Å². The van der Waals surface area contributed by atoms with Crippen LogP contribution in [0.4, 0.5) is 0 Å². The number of ether oxygens (including phenoxy) is 1. The summed E-state index contributed by atoms with van der Waals surface area (Å²) in [7, 11) is 1.60. The first kappa shape index (κ1) is 10.1. The minimum atomic E-state index is 0.605. The van der Waals surface area contributed by atoms with Crippen LogP contribution in [0, 0.1) is 0 Å². The smallest absolute Gasteiger partial charge is 0.212 e. The van der Waals surface area contributed by atoms with Crippen LogP contribution in [0.5, 0.6) is 5.88 Å². The van der Waals surface area contributed by atoms with Crippen LogP contribution in [0.3, 0.4) is 0 Å². The third-order valence-electron chi connectivity index (χ3n) is 1.96. The molecular weight excluding hydrogens is 256 g/mol. The van der Waals surface area contributed by atoms with E-state index in [1.807, 2.05) is 30.3 Å². The van der Waals surface area contributed by atoms with E-state index in [4.69, 9.17) is 4.74 Å². The van der Waals surface area contributed by atoms with E-state index >= 15 is 0 Å². The Morgan fingerprint density at radius 1 is 1.20 bits per heavy atom. The summed E-state index contributed by atoms with van der Waals surface area (Å²) in [4.78, 5) is 8.46. The van der Waals surface area contributed by atoms with Gasteiger partial charge < -0.3 is 4.74 Å². The maximum absolute atomic E-state index is 4.99. The van der Waals surface area contributed by atoms with Crippen molar-refractivity contribution in [1.29, 1.82) is 0 Å². The van der Waals surface area contributed by atoms with Gasteiger partial charge in [0.05, 0.1) is 12.8 Å². The minimum absolute atomic E-state index is 0.605. The molecule has 0 fully saturated rings. The van der Waals surface area contributed by atoms with Crippen LogP contribution in [0.15, 0.2) is 41.1 Å². The number of methoxy groups -OCH3 is 1. The van der Waals surface area contributed by atoms with E-state index in [0.717, 1.165) is 15.9 Å². The monoisotopic (exact) mass is 264 g/mol. The largest absolute Gasteiger partial charge is 0.481 e. The van der Waals surface area contributed by atoms with Crippen molar-refractivity contribution in [3.63, 3.8) is 0 Å². The molecule has 0 aliphatic rings. The summed E-state index contributed by atoms with van der Waals surface area (Å²) < 4.78 is 5.80. The lowest BCUT2D eigenvalue weighted by Crippen LogP contribution is -1.88. The van der Waals surface area contributed by atoms with Gasteiger partial charge in [-0.05, 0) is 34.1 Å². The summed E-state index contributed by atoms with van der Waals surface area (Å²) in [6.07, 6.45) is 1.74. The Kier molecular flexibility index (Phi) is 2.97. The van der Waals surface area contributed by atoms with Gasteiger partial charge in [-0.15, -0.1) is 0 Å². The summed E-state index contributed by atoms with van der Waals surface area (Å²) in [5.74, 6) is 0.605. The molecule has 0 bridgehead atoms. The van der Waals surface area contributed by atoms with Crippen molar-refractivity contribution in [3.05, 3.63) is 41.1 Å². The first-order valence-corrected chi connectivity index (χ1v) is 5.22. The molecule has 0 saturated heterocycles. The van der Waals surface area contributed by atoms with Crippen molar-refractivity contribution in [2.24, 2.45) is 0 Å². The molecule has 0 unspecified atom stereocenters. The zero-order chi connectivity index (χ0) is 10.7. The highest BCUT2D eigenvalue weighted by molar-refractivity contribution is 9.10. The van der Waals surface area contributed by atoms with E-state index in [-0.39, 0.29) is 0 Å². The molecule has 4 heteroatoms. The lowest BCUT2D eigenvalue weighted by atomic mass is 10.2. The van der Waals surface area contributed by atoms with Crippen molar-refractivity contribution >= 4 is 15.9 Å². The van der Waals surface area contributed by atoms with Crippen molar-refractivity contribution < 1.29 is 4.74 Å². The van der Waals surface area contributed by atoms with E-state index in [0.29, 0.717) is 5.88 Å². The van der Waals surface area contributed by atoms with Crippen LogP contribution in [-0.2, 0) is 0 Å². The predicted molar refractivity (Wildman–Crippen MR) is 61.7 cm³/mol.